The topological polar surface area (TPSA) is 26.0 Å². The van der Waals surface area contributed by atoms with Crippen LogP contribution in [0.3, 0.4) is 0 Å². The molecule has 78 valence electrons. The number of aryl methyl sites for hydroxylation is 2. The van der Waals surface area contributed by atoms with Crippen LogP contribution >= 0.6 is 0 Å². The van der Waals surface area contributed by atoms with Gasteiger partial charge in [0.1, 0.15) is 5.82 Å². The second-order valence-corrected chi connectivity index (χ2v) is 3.78. The van der Waals surface area contributed by atoms with Crippen molar-refractivity contribution in [2.45, 2.75) is 39.2 Å². The SMILES string of the molecule is CCC(N)CCc1cc(F)ccc1C. The fraction of sp³-hybridized carbons (Fsp3) is 0.500. The number of halogens is 1. The second-order valence-electron chi connectivity index (χ2n) is 3.78. The Hall–Kier alpha value is -0.890. The van der Waals surface area contributed by atoms with Crippen LogP contribution in [-0.4, -0.2) is 6.04 Å². The van der Waals surface area contributed by atoms with Gasteiger partial charge in [-0.1, -0.05) is 13.0 Å². The summed E-state index contributed by atoms with van der Waals surface area (Å²) >= 11 is 0. The molecular formula is C12H18FN. The first-order chi connectivity index (χ1) is 6.63. The van der Waals surface area contributed by atoms with Crippen LogP contribution in [0.15, 0.2) is 18.2 Å². The predicted molar refractivity (Wildman–Crippen MR) is 57.7 cm³/mol. The van der Waals surface area contributed by atoms with E-state index in [1.54, 1.807) is 6.07 Å². The standard InChI is InChI=1S/C12H18FN/c1-3-12(14)7-5-10-8-11(13)6-4-9(10)2/h4,6,8,12H,3,5,7,14H2,1-2H3. The Morgan fingerprint density at radius 2 is 2.14 bits per heavy atom. The van der Waals surface area contributed by atoms with Gasteiger partial charge in [-0.3, -0.25) is 0 Å². The normalized spacial score (nSPS) is 12.9. The molecule has 1 nitrogen and oxygen atoms in total. The summed E-state index contributed by atoms with van der Waals surface area (Å²) in [6, 6.07) is 5.16. The highest BCUT2D eigenvalue weighted by Crippen LogP contribution is 2.13. The van der Waals surface area contributed by atoms with Gasteiger partial charge in [-0.15, -0.1) is 0 Å². The summed E-state index contributed by atoms with van der Waals surface area (Å²) in [4.78, 5) is 0. The fourth-order valence-corrected chi connectivity index (χ4v) is 1.45. The summed E-state index contributed by atoms with van der Waals surface area (Å²) in [5.74, 6) is -0.157. The maximum absolute atomic E-state index is 12.9. The van der Waals surface area contributed by atoms with Gasteiger partial charge >= 0.3 is 0 Å². The fourth-order valence-electron chi connectivity index (χ4n) is 1.45. The molecule has 1 rings (SSSR count). The van der Waals surface area contributed by atoms with Crippen molar-refractivity contribution in [3.8, 4) is 0 Å². The molecular weight excluding hydrogens is 177 g/mol. The quantitative estimate of drug-likeness (QED) is 0.785. The maximum atomic E-state index is 12.9. The van der Waals surface area contributed by atoms with E-state index < -0.39 is 0 Å². The van der Waals surface area contributed by atoms with Crippen molar-refractivity contribution in [3.63, 3.8) is 0 Å². The minimum atomic E-state index is -0.157. The average Bonchev–Trinajstić information content (AvgIpc) is 2.19. The molecule has 0 heterocycles. The first-order valence-corrected chi connectivity index (χ1v) is 5.14. The van der Waals surface area contributed by atoms with Crippen LogP contribution in [0.25, 0.3) is 0 Å². The summed E-state index contributed by atoms with van der Waals surface area (Å²) in [5, 5.41) is 0. The van der Waals surface area contributed by atoms with Gasteiger partial charge in [0.2, 0.25) is 0 Å². The Balaban J connectivity index is 2.62. The highest BCUT2D eigenvalue weighted by molar-refractivity contribution is 5.26. The molecule has 1 aromatic rings. The van der Waals surface area contributed by atoms with Gasteiger partial charge in [0.25, 0.3) is 0 Å². The molecule has 0 aliphatic rings. The molecule has 14 heavy (non-hydrogen) atoms. The molecule has 0 fully saturated rings. The maximum Gasteiger partial charge on any atom is 0.123 e. The third-order valence-corrected chi connectivity index (χ3v) is 2.62. The first kappa shape index (κ1) is 11.2. The van der Waals surface area contributed by atoms with Crippen molar-refractivity contribution in [1.29, 1.82) is 0 Å². The van der Waals surface area contributed by atoms with E-state index in [1.165, 1.54) is 6.07 Å². The molecule has 0 aliphatic carbocycles. The van der Waals surface area contributed by atoms with Gasteiger partial charge in [-0.25, -0.2) is 4.39 Å². The zero-order valence-electron chi connectivity index (χ0n) is 8.89. The lowest BCUT2D eigenvalue weighted by molar-refractivity contribution is 0.589. The number of rotatable bonds is 4. The van der Waals surface area contributed by atoms with E-state index in [1.807, 2.05) is 13.0 Å². The van der Waals surface area contributed by atoms with Gasteiger partial charge < -0.3 is 5.73 Å². The highest BCUT2D eigenvalue weighted by atomic mass is 19.1. The predicted octanol–water partition coefficient (Wildman–Crippen LogP) is 2.80. The minimum absolute atomic E-state index is 0.157. The van der Waals surface area contributed by atoms with E-state index in [0.29, 0.717) is 0 Å². The first-order valence-electron chi connectivity index (χ1n) is 5.14. The molecule has 0 radical (unpaired) electrons. The third kappa shape index (κ3) is 3.11. The summed E-state index contributed by atoms with van der Waals surface area (Å²) in [5.41, 5.74) is 8.04. The van der Waals surface area contributed by atoms with Crippen LogP contribution in [-0.2, 0) is 6.42 Å². The smallest absolute Gasteiger partial charge is 0.123 e. The number of nitrogens with two attached hydrogens (primary N) is 1. The van der Waals surface area contributed by atoms with Gasteiger partial charge in [0, 0.05) is 6.04 Å². The molecule has 0 aliphatic heterocycles. The van der Waals surface area contributed by atoms with E-state index in [4.69, 9.17) is 5.73 Å². The molecule has 1 aromatic carbocycles. The van der Waals surface area contributed by atoms with E-state index in [0.717, 1.165) is 30.4 Å². The van der Waals surface area contributed by atoms with Crippen LogP contribution < -0.4 is 5.73 Å². The molecule has 0 saturated heterocycles. The average molecular weight is 195 g/mol. The van der Waals surface area contributed by atoms with E-state index in [-0.39, 0.29) is 11.9 Å². The lowest BCUT2D eigenvalue weighted by atomic mass is 10.0. The lowest BCUT2D eigenvalue weighted by Gasteiger charge is -2.10. The Kier molecular flexibility index (Phi) is 4.08. The summed E-state index contributed by atoms with van der Waals surface area (Å²) in [7, 11) is 0. The summed E-state index contributed by atoms with van der Waals surface area (Å²) in [6.07, 6.45) is 2.79. The number of benzene rings is 1. The van der Waals surface area contributed by atoms with Crippen LogP contribution in [0, 0.1) is 12.7 Å². The van der Waals surface area contributed by atoms with E-state index >= 15 is 0 Å². The van der Waals surface area contributed by atoms with Crippen molar-refractivity contribution < 1.29 is 4.39 Å². The monoisotopic (exact) mass is 195 g/mol. The number of hydrogen-bond acceptors (Lipinski definition) is 1. The van der Waals surface area contributed by atoms with Crippen molar-refractivity contribution in [2.75, 3.05) is 0 Å². The van der Waals surface area contributed by atoms with Crippen molar-refractivity contribution in [3.05, 3.63) is 35.1 Å². The number of hydrogen-bond donors (Lipinski definition) is 1. The Morgan fingerprint density at radius 1 is 1.43 bits per heavy atom. The summed E-state index contributed by atoms with van der Waals surface area (Å²) < 4.78 is 12.9. The Labute approximate surface area is 85.1 Å². The van der Waals surface area contributed by atoms with E-state index in [9.17, 15) is 4.39 Å². The van der Waals surface area contributed by atoms with Crippen molar-refractivity contribution >= 4 is 0 Å². The van der Waals surface area contributed by atoms with Crippen LogP contribution in [0.5, 0.6) is 0 Å². The van der Waals surface area contributed by atoms with Gasteiger partial charge in [0.15, 0.2) is 0 Å². The van der Waals surface area contributed by atoms with Gasteiger partial charge in [0.05, 0.1) is 0 Å². The van der Waals surface area contributed by atoms with Crippen molar-refractivity contribution in [1.82, 2.24) is 0 Å². The second kappa shape index (κ2) is 5.11. The zero-order valence-corrected chi connectivity index (χ0v) is 8.89. The largest absolute Gasteiger partial charge is 0.328 e. The minimum Gasteiger partial charge on any atom is -0.328 e. The highest BCUT2D eigenvalue weighted by Gasteiger charge is 2.03. The van der Waals surface area contributed by atoms with E-state index in [2.05, 4.69) is 6.92 Å². The molecule has 0 aromatic heterocycles. The molecule has 0 bridgehead atoms. The zero-order chi connectivity index (χ0) is 10.6. The van der Waals surface area contributed by atoms with Crippen LogP contribution in [0.2, 0.25) is 0 Å². The molecule has 0 saturated carbocycles. The van der Waals surface area contributed by atoms with Gasteiger partial charge in [-0.05, 0) is 49.4 Å². The lowest BCUT2D eigenvalue weighted by Crippen LogP contribution is -2.19. The van der Waals surface area contributed by atoms with Crippen LogP contribution in [0.1, 0.15) is 30.9 Å². The molecule has 0 amide bonds. The Bertz CT molecular complexity index is 296. The molecule has 1 unspecified atom stereocenters. The molecule has 1 atom stereocenters. The summed E-state index contributed by atoms with van der Waals surface area (Å²) in [6.45, 7) is 4.08. The van der Waals surface area contributed by atoms with Gasteiger partial charge in [-0.2, -0.15) is 0 Å². The van der Waals surface area contributed by atoms with Crippen molar-refractivity contribution in [2.24, 2.45) is 5.73 Å². The molecule has 0 spiro atoms. The molecule has 2 N–H and O–H groups in total. The third-order valence-electron chi connectivity index (χ3n) is 2.62. The van der Waals surface area contributed by atoms with Crippen LogP contribution in [0.4, 0.5) is 4.39 Å². The molecule has 2 heteroatoms. The Morgan fingerprint density at radius 3 is 2.79 bits per heavy atom.